The zero-order valence-corrected chi connectivity index (χ0v) is 17.9. The number of amides is 2. The lowest BCUT2D eigenvalue weighted by Gasteiger charge is -2.32. The van der Waals surface area contributed by atoms with Gasteiger partial charge in [0.25, 0.3) is 5.91 Å². The van der Waals surface area contributed by atoms with Crippen molar-refractivity contribution in [2.75, 3.05) is 25.0 Å². The van der Waals surface area contributed by atoms with E-state index in [1.54, 1.807) is 6.07 Å². The maximum absolute atomic E-state index is 13.2. The number of hydrogen-bond acceptors (Lipinski definition) is 5. The van der Waals surface area contributed by atoms with Crippen LogP contribution in [0.1, 0.15) is 51.4 Å². The molecule has 2 amide bonds. The summed E-state index contributed by atoms with van der Waals surface area (Å²) in [7, 11) is -3.77. The van der Waals surface area contributed by atoms with E-state index in [2.05, 4.69) is 10.6 Å². The van der Waals surface area contributed by atoms with E-state index in [-0.39, 0.29) is 41.8 Å². The molecule has 1 aromatic carbocycles. The fraction of sp³-hybridized carbons (Fsp3) is 0.619. The van der Waals surface area contributed by atoms with Crippen LogP contribution in [0.3, 0.4) is 0 Å². The Balaban J connectivity index is 1.45. The van der Waals surface area contributed by atoms with Crippen molar-refractivity contribution in [2.24, 2.45) is 5.92 Å². The van der Waals surface area contributed by atoms with E-state index in [9.17, 15) is 18.0 Å². The number of piperidine rings is 1. The molecule has 0 radical (unpaired) electrons. The summed E-state index contributed by atoms with van der Waals surface area (Å²) < 4.78 is 33.1. The number of ether oxygens (including phenoxy) is 1. The summed E-state index contributed by atoms with van der Waals surface area (Å²) in [5, 5.41) is 5.80. The Hall–Kier alpha value is -2.13. The van der Waals surface area contributed by atoms with Gasteiger partial charge in [0.05, 0.1) is 16.5 Å². The van der Waals surface area contributed by atoms with Crippen molar-refractivity contribution in [3.63, 3.8) is 0 Å². The van der Waals surface area contributed by atoms with E-state index in [1.807, 2.05) is 0 Å². The number of fused-ring (bicyclic) bond motifs is 1. The first-order valence-corrected chi connectivity index (χ1v) is 12.2. The van der Waals surface area contributed by atoms with Gasteiger partial charge >= 0.3 is 0 Å². The van der Waals surface area contributed by atoms with Crippen LogP contribution in [-0.4, -0.2) is 50.3 Å². The summed E-state index contributed by atoms with van der Waals surface area (Å²) in [6.45, 7) is 0.485. The van der Waals surface area contributed by atoms with Crippen LogP contribution in [0.15, 0.2) is 23.1 Å². The third-order valence-electron chi connectivity index (χ3n) is 6.18. The molecule has 0 unspecified atom stereocenters. The SMILES string of the molecule is O=C1COc2ccc(S(=O)(=O)N3CCC[C@H](C(=O)NC4CCCCCC4)C3)cc2N1. The van der Waals surface area contributed by atoms with Gasteiger partial charge in [-0.05, 0) is 43.9 Å². The maximum Gasteiger partial charge on any atom is 0.262 e. The molecule has 1 saturated carbocycles. The lowest BCUT2D eigenvalue weighted by molar-refractivity contribution is -0.127. The molecule has 2 heterocycles. The fourth-order valence-electron chi connectivity index (χ4n) is 4.49. The quantitative estimate of drug-likeness (QED) is 0.706. The minimum absolute atomic E-state index is 0.0343. The van der Waals surface area contributed by atoms with Gasteiger partial charge in [0.2, 0.25) is 15.9 Å². The van der Waals surface area contributed by atoms with Crippen molar-refractivity contribution in [2.45, 2.75) is 62.3 Å². The standard InChI is InChI=1S/C21H29N3O5S/c25-20-14-29-19-10-9-17(12-18(19)23-20)30(27,28)24-11-5-6-15(13-24)21(26)22-16-7-3-1-2-4-8-16/h9-10,12,15-16H,1-8,11,13-14H2,(H,22,26)(H,23,25)/t15-/m0/s1. The Morgan fingerprint density at radius 3 is 2.63 bits per heavy atom. The molecule has 2 N–H and O–H groups in total. The van der Waals surface area contributed by atoms with E-state index < -0.39 is 10.0 Å². The minimum Gasteiger partial charge on any atom is -0.482 e. The molecule has 3 aliphatic rings. The molecule has 164 valence electrons. The monoisotopic (exact) mass is 435 g/mol. The minimum atomic E-state index is -3.77. The fourth-order valence-corrected chi connectivity index (χ4v) is 6.04. The van der Waals surface area contributed by atoms with Gasteiger partial charge < -0.3 is 15.4 Å². The van der Waals surface area contributed by atoms with Crippen molar-refractivity contribution >= 4 is 27.5 Å². The van der Waals surface area contributed by atoms with E-state index in [0.717, 1.165) is 25.7 Å². The Labute approximate surface area is 177 Å². The number of hydrogen-bond donors (Lipinski definition) is 2. The second-order valence-corrected chi connectivity index (χ2v) is 10.3. The van der Waals surface area contributed by atoms with Crippen molar-refractivity contribution in [1.82, 2.24) is 9.62 Å². The second kappa shape index (κ2) is 8.93. The topological polar surface area (TPSA) is 105 Å². The lowest BCUT2D eigenvalue weighted by Crippen LogP contribution is -2.47. The van der Waals surface area contributed by atoms with E-state index in [0.29, 0.717) is 30.8 Å². The molecule has 4 rings (SSSR count). The molecule has 9 heteroatoms. The normalized spacial score (nSPS) is 23.6. The number of carbonyl (C=O) groups excluding carboxylic acids is 2. The first-order chi connectivity index (χ1) is 14.4. The van der Waals surface area contributed by atoms with Crippen LogP contribution >= 0.6 is 0 Å². The molecule has 1 atom stereocenters. The molecular weight excluding hydrogens is 406 g/mol. The number of anilines is 1. The first-order valence-electron chi connectivity index (χ1n) is 10.8. The van der Waals surface area contributed by atoms with Gasteiger partial charge in [-0.3, -0.25) is 9.59 Å². The van der Waals surface area contributed by atoms with E-state index >= 15 is 0 Å². The molecule has 2 aliphatic heterocycles. The smallest absolute Gasteiger partial charge is 0.262 e. The van der Waals surface area contributed by atoms with Crippen molar-refractivity contribution in [1.29, 1.82) is 0 Å². The summed E-state index contributed by atoms with van der Waals surface area (Å²) in [4.78, 5) is 24.5. The van der Waals surface area contributed by atoms with Gasteiger partial charge in [0.1, 0.15) is 5.75 Å². The third-order valence-corrected chi connectivity index (χ3v) is 8.04. The van der Waals surface area contributed by atoms with E-state index in [4.69, 9.17) is 4.74 Å². The number of carbonyl (C=O) groups is 2. The average molecular weight is 436 g/mol. The Kier molecular flexibility index (Phi) is 6.29. The number of nitrogens with zero attached hydrogens (tertiary/aromatic N) is 1. The molecule has 2 fully saturated rings. The molecule has 1 saturated heterocycles. The highest BCUT2D eigenvalue weighted by Gasteiger charge is 2.34. The summed E-state index contributed by atoms with van der Waals surface area (Å²) in [6, 6.07) is 4.68. The van der Waals surface area contributed by atoms with Gasteiger partial charge in [-0.1, -0.05) is 25.7 Å². The Morgan fingerprint density at radius 2 is 1.87 bits per heavy atom. The number of nitrogens with one attached hydrogen (secondary N) is 2. The maximum atomic E-state index is 13.2. The Bertz CT molecular complexity index is 909. The second-order valence-electron chi connectivity index (χ2n) is 8.39. The molecule has 1 aliphatic carbocycles. The van der Waals surface area contributed by atoms with Gasteiger partial charge in [-0.2, -0.15) is 4.31 Å². The summed E-state index contributed by atoms with van der Waals surface area (Å²) >= 11 is 0. The molecule has 0 aromatic heterocycles. The lowest BCUT2D eigenvalue weighted by atomic mass is 9.97. The third kappa shape index (κ3) is 4.62. The largest absolute Gasteiger partial charge is 0.482 e. The molecule has 30 heavy (non-hydrogen) atoms. The van der Waals surface area contributed by atoms with Crippen LogP contribution in [0.25, 0.3) is 0 Å². The van der Waals surface area contributed by atoms with Crippen LogP contribution in [0.5, 0.6) is 5.75 Å². The number of benzene rings is 1. The predicted molar refractivity (Wildman–Crippen MR) is 112 cm³/mol. The predicted octanol–water partition coefficient (Wildman–Crippen LogP) is 2.26. The molecular formula is C21H29N3O5S. The summed E-state index contributed by atoms with van der Waals surface area (Å²) in [6.07, 6.45) is 8.05. The summed E-state index contributed by atoms with van der Waals surface area (Å²) in [5.74, 6) is -0.233. The molecule has 0 spiro atoms. The van der Waals surface area contributed by atoms with Crippen molar-refractivity contribution < 1.29 is 22.7 Å². The van der Waals surface area contributed by atoms with Gasteiger partial charge in [0.15, 0.2) is 6.61 Å². The van der Waals surface area contributed by atoms with Crippen molar-refractivity contribution in [3.8, 4) is 5.75 Å². The van der Waals surface area contributed by atoms with Gasteiger partial charge in [-0.25, -0.2) is 8.42 Å². The molecule has 1 aromatic rings. The average Bonchev–Trinajstić information content (AvgIpc) is 3.02. The Morgan fingerprint density at radius 1 is 1.10 bits per heavy atom. The zero-order valence-electron chi connectivity index (χ0n) is 17.1. The number of rotatable bonds is 4. The van der Waals surface area contributed by atoms with E-state index in [1.165, 1.54) is 29.3 Å². The summed E-state index contributed by atoms with van der Waals surface area (Å²) in [5.41, 5.74) is 0.354. The van der Waals surface area contributed by atoms with Crippen LogP contribution < -0.4 is 15.4 Å². The first kappa shape index (κ1) is 21.1. The highest BCUT2D eigenvalue weighted by molar-refractivity contribution is 7.89. The van der Waals surface area contributed by atoms with Crippen molar-refractivity contribution in [3.05, 3.63) is 18.2 Å². The van der Waals surface area contributed by atoms with Crippen LogP contribution in [0, 0.1) is 5.92 Å². The van der Waals surface area contributed by atoms with Gasteiger partial charge in [0, 0.05) is 19.1 Å². The highest BCUT2D eigenvalue weighted by Crippen LogP contribution is 2.32. The number of sulfonamides is 1. The van der Waals surface area contributed by atoms with Crippen LogP contribution in [-0.2, 0) is 19.6 Å². The van der Waals surface area contributed by atoms with Gasteiger partial charge in [-0.15, -0.1) is 0 Å². The van der Waals surface area contributed by atoms with Crippen LogP contribution in [0.2, 0.25) is 0 Å². The zero-order chi connectivity index (χ0) is 21.1. The molecule has 8 nitrogen and oxygen atoms in total. The highest BCUT2D eigenvalue weighted by atomic mass is 32.2. The van der Waals surface area contributed by atoms with Crippen LogP contribution in [0.4, 0.5) is 5.69 Å². The molecule has 0 bridgehead atoms.